The second-order valence-corrected chi connectivity index (χ2v) is 6.47. The van der Waals surface area contributed by atoms with Crippen LogP contribution in [-0.4, -0.2) is 19.2 Å². The third kappa shape index (κ3) is 6.35. The molecule has 0 radical (unpaired) electrons. The maximum Gasteiger partial charge on any atom is 0.123 e. The van der Waals surface area contributed by atoms with Crippen LogP contribution < -0.4 is 10.1 Å². The first-order valence-electron chi connectivity index (χ1n) is 8.25. The van der Waals surface area contributed by atoms with E-state index in [-0.39, 0.29) is 18.2 Å². The van der Waals surface area contributed by atoms with Crippen molar-refractivity contribution in [3.8, 4) is 5.75 Å². The molecule has 0 amide bonds. The lowest BCUT2D eigenvalue weighted by Gasteiger charge is -2.23. The summed E-state index contributed by atoms with van der Waals surface area (Å²) in [6, 6.07) is 14.5. The van der Waals surface area contributed by atoms with E-state index in [1.165, 1.54) is 23.3 Å². The molecule has 1 unspecified atom stereocenters. The fourth-order valence-corrected chi connectivity index (χ4v) is 3.00. The molecule has 0 saturated heterocycles. The van der Waals surface area contributed by atoms with Gasteiger partial charge in [-0.05, 0) is 61.3 Å². The van der Waals surface area contributed by atoms with Crippen LogP contribution in [0.25, 0.3) is 0 Å². The summed E-state index contributed by atoms with van der Waals surface area (Å²) < 4.78 is 18.5. The molecule has 1 atom stereocenters. The van der Waals surface area contributed by atoms with E-state index in [2.05, 4.69) is 23.5 Å². The van der Waals surface area contributed by atoms with Gasteiger partial charge in [0.25, 0.3) is 0 Å². The van der Waals surface area contributed by atoms with E-state index in [1.807, 2.05) is 12.1 Å². The summed E-state index contributed by atoms with van der Waals surface area (Å²) in [5.74, 6) is 0.462. The lowest BCUT2D eigenvalue weighted by Crippen LogP contribution is -2.34. The second kappa shape index (κ2) is 9.81. The summed E-state index contributed by atoms with van der Waals surface area (Å²) in [5, 5.41) is 4.27. The van der Waals surface area contributed by atoms with Crippen LogP contribution in [0.3, 0.4) is 0 Å². The molecule has 0 aliphatic carbocycles. The van der Waals surface area contributed by atoms with Crippen molar-refractivity contribution in [3.05, 3.63) is 76.6 Å². The largest absolute Gasteiger partial charge is 0.494 e. The van der Waals surface area contributed by atoms with Gasteiger partial charge in [0.2, 0.25) is 0 Å². The lowest BCUT2D eigenvalue weighted by atomic mass is 9.96. The SMILES string of the molecule is Cl.Fc1ccc(OCCC2C=C(Cc3ccc(Cl)cc3)CCN2)cc1. The standard InChI is InChI=1S/C20H21ClFNO.ClH/c21-17-3-1-15(2-4-17)13-16-9-11-23-19(14-16)10-12-24-20-7-5-18(22)6-8-20;/h1-8,14,19,23H,9-13H2;1H. The van der Waals surface area contributed by atoms with Crippen LogP contribution >= 0.6 is 24.0 Å². The molecule has 1 N–H and O–H groups in total. The molecule has 2 nitrogen and oxygen atoms in total. The van der Waals surface area contributed by atoms with E-state index in [0.717, 1.165) is 30.8 Å². The molecular formula is C20H22Cl2FNO. The number of ether oxygens (including phenoxy) is 1. The number of nitrogens with one attached hydrogen (secondary N) is 1. The lowest BCUT2D eigenvalue weighted by molar-refractivity contribution is 0.294. The summed E-state index contributed by atoms with van der Waals surface area (Å²) in [5.41, 5.74) is 2.73. The van der Waals surface area contributed by atoms with Crippen molar-refractivity contribution in [2.24, 2.45) is 0 Å². The Hall–Kier alpha value is -1.55. The van der Waals surface area contributed by atoms with Crippen molar-refractivity contribution in [3.63, 3.8) is 0 Å². The molecule has 0 aromatic heterocycles. The van der Waals surface area contributed by atoms with Gasteiger partial charge in [-0.15, -0.1) is 12.4 Å². The Balaban J connectivity index is 0.00000225. The molecule has 2 aromatic carbocycles. The Morgan fingerprint density at radius 2 is 1.80 bits per heavy atom. The summed E-state index contributed by atoms with van der Waals surface area (Å²) in [4.78, 5) is 0. The highest BCUT2D eigenvalue weighted by molar-refractivity contribution is 6.30. The van der Waals surface area contributed by atoms with Crippen molar-refractivity contribution in [2.75, 3.05) is 13.2 Å². The fourth-order valence-electron chi connectivity index (χ4n) is 2.88. The van der Waals surface area contributed by atoms with Crippen LogP contribution in [0.1, 0.15) is 18.4 Å². The van der Waals surface area contributed by atoms with Gasteiger partial charge in [-0.25, -0.2) is 4.39 Å². The zero-order chi connectivity index (χ0) is 16.8. The first kappa shape index (κ1) is 19.8. The van der Waals surface area contributed by atoms with Crippen molar-refractivity contribution in [1.29, 1.82) is 0 Å². The minimum Gasteiger partial charge on any atom is -0.494 e. The molecule has 1 heterocycles. The van der Waals surface area contributed by atoms with E-state index in [0.29, 0.717) is 18.4 Å². The fraction of sp³-hybridized carbons (Fsp3) is 0.300. The van der Waals surface area contributed by atoms with Crippen molar-refractivity contribution in [2.45, 2.75) is 25.3 Å². The van der Waals surface area contributed by atoms with Crippen LogP contribution in [0.2, 0.25) is 5.02 Å². The molecule has 134 valence electrons. The predicted octanol–water partition coefficient (Wildman–Crippen LogP) is 5.20. The number of hydrogen-bond acceptors (Lipinski definition) is 2. The molecule has 25 heavy (non-hydrogen) atoms. The zero-order valence-electron chi connectivity index (χ0n) is 13.9. The van der Waals surface area contributed by atoms with Gasteiger partial charge in [0.05, 0.1) is 6.61 Å². The normalized spacial score (nSPS) is 16.7. The average molecular weight is 382 g/mol. The smallest absolute Gasteiger partial charge is 0.123 e. The van der Waals surface area contributed by atoms with Crippen LogP contribution in [0.4, 0.5) is 4.39 Å². The van der Waals surface area contributed by atoms with Gasteiger partial charge in [0.1, 0.15) is 11.6 Å². The van der Waals surface area contributed by atoms with Crippen LogP contribution in [0.5, 0.6) is 5.75 Å². The Morgan fingerprint density at radius 3 is 2.52 bits per heavy atom. The van der Waals surface area contributed by atoms with Gasteiger partial charge in [-0.3, -0.25) is 0 Å². The van der Waals surface area contributed by atoms with Crippen LogP contribution in [-0.2, 0) is 6.42 Å². The molecule has 1 aliphatic rings. The maximum atomic E-state index is 12.9. The number of benzene rings is 2. The monoisotopic (exact) mass is 381 g/mol. The highest BCUT2D eigenvalue weighted by atomic mass is 35.5. The van der Waals surface area contributed by atoms with Crippen LogP contribution in [0, 0.1) is 5.82 Å². The summed E-state index contributed by atoms with van der Waals surface area (Å²) in [6.07, 6.45) is 5.24. The minimum atomic E-state index is -0.244. The van der Waals surface area contributed by atoms with E-state index in [9.17, 15) is 4.39 Å². The van der Waals surface area contributed by atoms with E-state index < -0.39 is 0 Å². The third-order valence-electron chi connectivity index (χ3n) is 4.15. The first-order chi connectivity index (χ1) is 11.7. The molecule has 0 bridgehead atoms. The molecule has 0 fully saturated rings. The van der Waals surface area contributed by atoms with Gasteiger partial charge in [-0.2, -0.15) is 0 Å². The molecule has 0 saturated carbocycles. The summed E-state index contributed by atoms with van der Waals surface area (Å²) in [7, 11) is 0. The quantitative estimate of drug-likeness (QED) is 0.694. The van der Waals surface area contributed by atoms with Gasteiger partial charge in [0.15, 0.2) is 0 Å². The topological polar surface area (TPSA) is 21.3 Å². The molecule has 3 rings (SSSR count). The van der Waals surface area contributed by atoms with E-state index in [4.69, 9.17) is 16.3 Å². The highest BCUT2D eigenvalue weighted by Crippen LogP contribution is 2.19. The molecular weight excluding hydrogens is 360 g/mol. The highest BCUT2D eigenvalue weighted by Gasteiger charge is 2.13. The Labute approximate surface area is 159 Å². The Kier molecular flexibility index (Phi) is 7.76. The Bertz CT molecular complexity index is 686. The van der Waals surface area contributed by atoms with Gasteiger partial charge >= 0.3 is 0 Å². The van der Waals surface area contributed by atoms with Crippen LogP contribution in [0.15, 0.2) is 60.2 Å². The Morgan fingerprint density at radius 1 is 1.08 bits per heavy atom. The number of rotatable bonds is 6. The minimum absolute atomic E-state index is 0. The van der Waals surface area contributed by atoms with E-state index in [1.54, 1.807) is 12.1 Å². The molecule has 2 aromatic rings. The first-order valence-corrected chi connectivity index (χ1v) is 8.62. The van der Waals surface area contributed by atoms with Crippen molar-refractivity contribution >= 4 is 24.0 Å². The number of halogens is 3. The maximum absolute atomic E-state index is 12.9. The molecule has 5 heteroatoms. The van der Waals surface area contributed by atoms with Crippen molar-refractivity contribution in [1.82, 2.24) is 5.32 Å². The average Bonchev–Trinajstić information content (AvgIpc) is 2.59. The number of hydrogen-bond donors (Lipinski definition) is 1. The zero-order valence-corrected chi connectivity index (χ0v) is 15.5. The predicted molar refractivity (Wildman–Crippen MR) is 103 cm³/mol. The summed E-state index contributed by atoms with van der Waals surface area (Å²) in [6.45, 7) is 1.59. The van der Waals surface area contributed by atoms with E-state index >= 15 is 0 Å². The molecule has 0 spiro atoms. The van der Waals surface area contributed by atoms with Crippen molar-refractivity contribution < 1.29 is 9.13 Å². The summed E-state index contributed by atoms with van der Waals surface area (Å²) >= 11 is 5.93. The second-order valence-electron chi connectivity index (χ2n) is 6.03. The molecule has 1 aliphatic heterocycles. The third-order valence-corrected chi connectivity index (χ3v) is 4.40. The van der Waals surface area contributed by atoms with Gasteiger partial charge in [0, 0.05) is 17.5 Å². The van der Waals surface area contributed by atoms with Gasteiger partial charge < -0.3 is 10.1 Å². The van der Waals surface area contributed by atoms with Gasteiger partial charge in [-0.1, -0.05) is 35.4 Å².